The van der Waals surface area contributed by atoms with E-state index in [0.717, 1.165) is 47.6 Å². The van der Waals surface area contributed by atoms with Crippen molar-refractivity contribution in [2.45, 2.75) is 19.8 Å². The van der Waals surface area contributed by atoms with Crippen LogP contribution >= 0.6 is 0 Å². The molecular formula is C19H20N2O3. The van der Waals surface area contributed by atoms with Gasteiger partial charge < -0.3 is 14.5 Å². The minimum Gasteiger partial charge on any atom is -0.494 e. The molecule has 0 amide bonds. The zero-order chi connectivity index (χ0) is 16.9. The molecular weight excluding hydrogens is 304 g/mol. The average molecular weight is 324 g/mol. The quantitative estimate of drug-likeness (QED) is 0.545. The summed E-state index contributed by atoms with van der Waals surface area (Å²) in [6, 6.07) is 13.1. The van der Waals surface area contributed by atoms with Crippen molar-refractivity contribution in [1.82, 2.24) is 9.97 Å². The summed E-state index contributed by atoms with van der Waals surface area (Å²) in [6.07, 6.45) is 2.17. The number of carbonyl (C=O) groups is 1. The van der Waals surface area contributed by atoms with Crippen LogP contribution in [0.5, 0.6) is 5.75 Å². The second-order valence-corrected chi connectivity index (χ2v) is 5.54. The van der Waals surface area contributed by atoms with Crippen molar-refractivity contribution in [3.63, 3.8) is 0 Å². The highest BCUT2D eigenvalue weighted by Crippen LogP contribution is 2.23. The number of unbranched alkanes of at least 4 members (excludes halogenated alkanes) is 1. The molecule has 5 heteroatoms. The standard InChI is InChI=1S/C19H20N2O3/c1-3-4-11-24-15-8-5-13(6-9-15)18-20-16-10-7-14(19(22)23-2)12-17(16)21-18/h5-10,12H,3-4,11H2,1-2H3,(H,20,21). The van der Waals surface area contributed by atoms with Crippen LogP contribution < -0.4 is 4.74 Å². The van der Waals surface area contributed by atoms with E-state index in [-0.39, 0.29) is 5.97 Å². The Morgan fingerprint density at radius 1 is 1.17 bits per heavy atom. The molecule has 124 valence electrons. The van der Waals surface area contributed by atoms with Crippen LogP contribution in [0.25, 0.3) is 22.4 Å². The predicted molar refractivity (Wildman–Crippen MR) is 93.3 cm³/mol. The van der Waals surface area contributed by atoms with Crippen molar-refractivity contribution in [2.75, 3.05) is 13.7 Å². The summed E-state index contributed by atoms with van der Waals surface area (Å²) in [5, 5.41) is 0. The van der Waals surface area contributed by atoms with Gasteiger partial charge in [0.15, 0.2) is 0 Å². The smallest absolute Gasteiger partial charge is 0.337 e. The van der Waals surface area contributed by atoms with Gasteiger partial charge in [0.1, 0.15) is 11.6 Å². The zero-order valence-electron chi connectivity index (χ0n) is 13.8. The predicted octanol–water partition coefficient (Wildman–Crippen LogP) is 4.20. The molecule has 3 rings (SSSR count). The van der Waals surface area contributed by atoms with E-state index >= 15 is 0 Å². The number of carbonyl (C=O) groups excluding carboxylic acids is 1. The molecule has 5 nitrogen and oxygen atoms in total. The molecule has 0 fully saturated rings. The van der Waals surface area contributed by atoms with Crippen molar-refractivity contribution < 1.29 is 14.3 Å². The van der Waals surface area contributed by atoms with Crippen LogP contribution in [0, 0.1) is 0 Å². The molecule has 0 saturated carbocycles. The van der Waals surface area contributed by atoms with E-state index in [9.17, 15) is 4.79 Å². The van der Waals surface area contributed by atoms with Gasteiger partial charge in [0.05, 0.1) is 30.3 Å². The molecule has 1 N–H and O–H groups in total. The van der Waals surface area contributed by atoms with Gasteiger partial charge in [-0.3, -0.25) is 0 Å². The molecule has 1 heterocycles. The summed E-state index contributed by atoms with van der Waals surface area (Å²) >= 11 is 0. The number of benzene rings is 2. The van der Waals surface area contributed by atoms with Gasteiger partial charge in [-0.25, -0.2) is 9.78 Å². The Balaban J connectivity index is 1.82. The molecule has 0 saturated heterocycles. The second-order valence-electron chi connectivity index (χ2n) is 5.54. The summed E-state index contributed by atoms with van der Waals surface area (Å²) in [7, 11) is 1.37. The number of fused-ring (bicyclic) bond motifs is 1. The third-order valence-electron chi connectivity index (χ3n) is 3.80. The van der Waals surface area contributed by atoms with Crippen LogP contribution in [0.2, 0.25) is 0 Å². The third-order valence-corrected chi connectivity index (χ3v) is 3.80. The van der Waals surface area contributed by atoms with Crippen molar-refractivity contribution >= 4 is 17.0 Å². The molecule has 0 aliphatic heterocycles. The fourth-order valence-electron chi connectivity index (χ4n) is 2.43. The largest absolute Gasteiger partial charge is 0.494 e. The molecule has 0 bridgehead atoms. The zero-order valence-corrected chi connectivity index (χ0v) is 13.8. The number of hydrogen-bond donors (Lipinski definition) is 1. The Bertz CT molecular complexity index is 837. The highest BCUT2D eigenvalue weighted by molar-refractivity contribution is 5.94. The monoisotopic (exact) mass is 324 g/mol. The number of aromatic amines is 1. The fourth-order valence-corrected chi connectivity index (χ4v) is 2.43. The van der Waals surface area contributed by atoms with E-state index in [1.165, 1.54) is 7.11 Å². The number of ether oxygens (including phenoxy) is 2. The number of hydrogen-bond acceptors (Lipinski definition) is 4. The first-order valence-electron chi connectivity index (χ1n) is 8.02. The van der Waals surface area contributed by atoms with Crippen LogP contribution in [0.1, 0.15) is 30.1 Å². The minimum atomic E-state index is -0.360. The minimum absolute atomic E-state index is 0.360. The van der Waals surface area contributed by atoms with Crippen molar-refractivity contribution in [1.29, 1.82) is 0 Å². The van der Waals surface area contributed by atoms with Crippen LogP contribution in [0.3, 0.4) is 0 Å². The first-order valence-corrected chi connectivity index (χ1v) is 8.02. The Kier molecular flexibility index (Phi) is 4.79. The molecule has 0 aliphatic rings. The average Bonchev–Trinajstić information content (AvgIpc) is 3.05. The summed E-state index contributed by atoms with van der Waals surface area (Å²) in [5.74, 6) is 1.25. The van der Waals surface area contributed by atoms with Crippen molar-refractivity contribution in [3.8, 4) is 17.1 Å². The fraction of sp³-hybridized carbons (Fsp3) is 0.263. The first-order chi connectivity index (χ1) is 11.7. The maximum absolute atomic E-state index is 11.6. The van der Waals surface area contributed by atoms with Crippen LogP contribution in [-0.2, 0) is 4.74 Å². The lowest BCUT2D eigenvalue weighted by Crippen LogP contribution is -2.00. The van der Waals surface area contributed by atoms with E-state index in [2.05, 4.69) is 16.9 Å². The lowest BCUT2D eigenvalue weighted by Gasteiger charge is -2.05. The lowest BCUT2D eigenvalue weighted by molar-refractivity contribution is 0.0601. The SMILES string of the molecule is CCCCOc1ccc(-c2nc3ccc(C(=O)OC)cc3[nH]2)cc1. The highest BCUT2D eigenvalue weighted by Gasteiger charge is 2.10. The van der Waals surface area contributed by atoms with E-state index in [1.54, 1.807) is 12.1 Å². The van der Waals surface area contributed by atoms with Gasteiger partial charge in [-0.2, -0.15) is 0 Å². The van der Waals surface area contributed by atoms with Gasteiger partial charge in [0, 0.05) is 5.56 Å². The van der Waals surface area contributed by atoms with Gasteiger partial charge in [0.2, 0.25) is 0 Å². The molecule has 2 aromatic carbocycles. The summed E-state index contributed by atoms with van der Waals surface area (Å²) < 4.78 is 10.4. The summed E-state index contributed by atoms with van der Waals surface area (Å²) in [6.45, 7) is 2.87. The Labute approximate surface area is 140 Å². The van der Waals surface area contributed by atoms with Gasteiger partial charge >= 0.3 is 5.97 Å². The first kappa shape index (κ1) is 16.1. The lowest BCUT2D eigenvalue weighted by atomic mass is 10.2. The summed E-state index contributed by atoms with van der Waals surface area (Å²) in [5.41, 5.74) is 3.07. The molecule has 3 aromatic rings. The number of methoxy groups -OCH3 is 1. The van der Waals surface area contributed by atoms with Crippen LogP contribution in [-0.4, -0.2) is 29.7 Å². The molecule has 0 aliphatic carbocycles. The van der Waals surface area contributed by atoms with Crippen molar-refractivity contribution in [3.05, 3.63) is 48.0 Å². The Hall–Kier alpha value is -2.82. The van der Waals surface area contributed by atoms with E-state index in [0.29, 0.717) is 5.56 Å². The van der Waals surface area contributed by atoms with Gasteiger partial charge in [-0.05, 0) is 48.9 Å². The van der Waals surface area contributed by atoms with Gasteiger partial charge in [-0.1, -0.05) is 13.3 Å². The number of rotatable bonds is 6. The van der Waals surface area contributed by atoms with Crippen molar-refractivity contribution in [2.24, 2.45) is 0 Å². The third kappa shape index (κ3) is 3.40. The molecule has 1 aromatic heterocycles. The number of nitrogens with one attached hydrogen (secondary N) is 1. The summed E-state index contributed by atoms with van der Waals surface area (Å²) in [4.78, 5) is 19.4. The molecule has 0 radical (unpaired) electrons. The number of imidazole rings is 1. The van der Waals surface area contributed by atoms with Crippen LogP contribution in [0.15, 0.2) is 42.5 Å². The maximum Gasteiger partial charge on any atom is 0.337 e. The van der Waals surface area contributed by atoms with Gasteiger partial charge in [0.25, 0.3) is 0 Å². The number of esters is 1. The number of nitrogens with zero attached hydrogens (tertiary/aromatic N) is 1. The number of H-pyrrole nitrogens is 1. The van der Waals surface area contributed by atoms with Crippen LogP contribution in [0.4, 0.5) is 0 Å². The molecule has 24 heavy (non-hydrogen) atoms. The molecule has 0 spiro atoms. The van der Waals surface area contributed by atoms with E-state index in [1.807, 2.05) is 30.3 Å². The number of aromatic nitrogens is 2. The Morgan fingerprint density at radius 3 is 2.67 bits per heavy atom. The van der Waals surface area contributed by atoms with Gasteiger partial charge in [-0.15, -0.1) is 0 Å². The topological polar surface area (TPSA) is 64.2 Å². The van der Waals surface area contributed by atoms with E-state index < -0.39 is 0 Å². The normalized spacial score (nSPS) is 10.8. The Morgan fingerprint density at radius 2 is 1.96 bits per heavy atom. The molecule has 0 atom stereocenters. The highest BCUT2D eigenvalue weighted by atomic mass is 16.5. The van der Waals surface area contributed by atoms with E-state index in [4.69, 9.17) is 9.47 Å². The second kappa shape index (κ2) is 7.17. The maximum atomic E-state index is 11.6. The molecule has 0 unspecified atom stereocenters.